The van der Waals surface area contributed by atoms with E-state index in [0.717, 1.165) is 6.42 Å². The van der Waals surface area contributed by atoms with Crippen LogP contribution in [0.5, 0.6) is 0 Å². The summed E-state index contributed by atoms with van der Waals surface area (Å²) in [5, 5.41) is 3.27. The summed E-state index contributed by atoms with van der Waals surface area (Å²) in [5.74, 6) is -0.307. The molecule has 0 aliphatic carbocycles. The molecule has 2 N–H and O–H groups in total. The molecule has 2 amide bonds. The number of piperazine rings is 1. The molecule has 1 saturated heterocycles. The highest BCUT2D eigenvalue weighted by Gasteiger charge is 2.28. The van der Waals surface area contributed by atoms with Crippen molar-refractivity contribution in [3.63, 3.8) is 0 Å². The largest absolute Gasteiger partial charge is 0.355 e. The molecule has 0 spiro atoms. The maximum absolute atomic E-state index is 12.6. The van der Waals surface area contributed by atoms with Crippen LogP contribution in [0.25, 0.3) is 0 Å². The number of hydrogen-bond acceptors (Lipinski definition) is 5. The number of amides is 2. The second kappa shape index (κ2) is 10.2. The number of carbonyl (C=O) groups excluding carboxylic acids is 2. The molecule has 0 saturated carbocycles. The van der Waals surface area contributed by atoms with Crippen LogP contribution in [0.1, 0.15) is 20.3 Å². The van der Waals surface area contributed by atoms with Crippen molar-refractivity contribution in [1.29, 1.82) is 0 Å². The van der Waals surface area contributed by atoms with Crippen molar-refractivity contribution in [3.8, 4) is 0 Å². The summed E-state index contributed by atoms with van der Waals surface area (Å²) in [4.78, 5) is 28.1. The van der Waals surface area contributed by atoms with E-state index in [9.17, 15) is 18.0 Å². The maximum Gasteiger partial charge on any atom is 0.241 e. The zero-order valence-electron chi connectivity index (χ0n) is 16.2. The summed E-state index contributed by atoms with van der Waals surface area (Å²) in [6.07, 6.45) is 0.887. The van der Waals surface area contributed by atoms with E-state index >= 15 is 0 Å². The van der Waals surface area contributed by atoms with Crippen molar-refractivity contribution < 1.29 is 18.0 Å². The molecule has 2 rings (SSSR count). The molecule has 10 heteroatoms. The van der Waals surface area contributed by atoms with E-state index in [-0.39, 0.29) is 16.7 Å². The number of hydrogen-bond donors (Lipinski definition) is 2. The highest BCUT2D eigenvalue weighted by atomic mass is 35.5. The first kappa shape index (κ1) is 22.6. The lowest BCUT2D eigenvalue weighted by Crippen LogP contribution is -2.55. The Morgan fingerprint density at radius 2 is 1.75 bits per heavy atom. The van der Waals surface area contributed by atoms with Gasteiger partial charge in [-0.15, -0.1) is 0 Å². The van der Waals surface area contributed by atoms with Crippen LogP contribution >= 0.6 is 11.6 Å². The predicted octanol–water partition coefficient (Wildman–Crippen LogP) is 0.677. The Morgan fingerprint density at radius 1 is 1.14 bits per heavy atom. The first-order valence-corrected chi connectivity index (χ1v) is 11.1. The Balaban J connectivity index is 1.85. The quantitative estimate of drug-likeness (QED) is 0.631. The maximum atomic E-state index is 12.6. The van der Waals surface area contributed by atoms with Crippen molar-refractivity contribution in [2.45, 2.75) is 31.2 Å². The normalized spacial score (nSPS) is 16.6. The van der Waals surface area contributed by atoms with E-state index in [1.54, 1.807) is 4.90 Å². The van der Waals surface area contributed by atoms with Crippen molar-refractivity contribution >= 4 is 33.4 Å². The summed E-state index contributed by atoms with van der Waals surface area (Å²) in [7, 11) is -3.82. The van der Waals surface area contributed by atoms with Gasteiger partial charge in [-0.05, 0) is 37.6 Å². The van der Waals surface area contributed by atoms with Crippen LogP contribution in [0.4, 0.5) is 0 Å². The van der Waals surface area contributed by atoms with Gasteiger partial charge >= 0.3 is 0 Å². The van der Waals surface area contributed by atoms with E-state index in [2.05, 4.69) is 10.0 Å². The summed E-state index contributed by atoms with van der Waals surface area (Å²) >= 11 is 5.78. The van der Waals surface area contributed by atoms with Crippen molar-refractivity contribution in [2.75, 3.05) is 39.3 Å². The van der Waals surface area contributed by atoms with E-state index in [1.807, 2.05) is 11.8 Å². The second-order valence-electron chi connectivity index (χ2n) is 6.75. The van der Waals surface area contributed by atoms with Crippen LogP contribution in [0.2, 0.25) is 5.02 Å². The molecule has 1 atom stereocenters. The van der Waals surface area contributed by atoms with Crippen LogP contribution in [0, 0.1) is 0 Å². The van der Waals surface area contributed by atoms with Gasteiger partial charge < -0.3 is 10.2 Å². The van der Waals surface area contributed by atoms with Gasteiger partial charge in [-0.2, -0.15) is 4.72 Å². The fourth-order valence-electron chi connectivity index (χ4n) is 2.89. The van der Waals surface area contributed by atoms with Gasteiger partial charge in [0, 0.05) is 37.7 Å². The molecule has 1 fully saturated rings. The summed E-state index contributed by atoms with van der Waals surface area (Å²) in [6.45, 7) is 6.53. The van der Waals surface area contributed by atoms with Crippen molar-refractivity contribution in [2.24, 2.45) is 0 Å². The van der Waals surface area contributed by atoms with Gasteiger partial charge in [-0.1, -0.05) is 18.5 Å². The zero-order chi connectivity index (χ0) is 20.7. The minimum absolute atomic E-state index is 0.0225. The van der Waals surface area contributed by atoms with Gasteiger partial charge in [0.15, 0.2) is 0 Å². The molecule has 1 aliphatic heterocycles. The van der Waals surface area contributed by atoms with Gasteiger partial charge in [-0.3, -0.25) is 14.5 Å². The standard InChI is InChI=1S/C18H27ClN4O4S/c1-3-8-20-17(24)13-22-9-11-23(12-10-22)18(25)14(2)21-28(26,27)16-6-4-15(19)5-7-16/h4-7,14,21H,3,8-13H2,1-2H3,(H,20,24)/t14-/m0/s1. The van der Waals surface area contributed by atoms with E-state index < -0.39 is 16.1 Å². The average Bonchev–Trinajstić information content (AvgIpc) is 2.66. The zero-order valence-corrected chi connectivity index (χ0v) is 17.7. The van der Waals surface area contributed by atoms with Crippen molar-refractivity contribution in [1.82, 2.24) is 19.8 Å². The lowest BCUT2D eigenvalue weighted by molar-refractivity contribution is -0.134. The molecule has 0 bridgehead atoms. The molecule has 1 aliphatic rings. The topological polar surface area (TPSA) is 98.8 Å². The molecule has 1 heterocycles. The molecule has 0 unspecified atom stereocenters. The monoisotopic (exact) mass is 430 g/mol. The Labute approximate surface area is 171 Å². The molecular weight excluding hydrogens is 404 g/mol. The predicted molar refractivity (Wildman–Crippen MR) is 108 cm³/mol. The first-order chi connectivity index (χ1) is 13.2. The number of halogens is 1. The second-order valence-corrected chi connectivity index (χ2v) is 8.90. The first-order valence-electron chi connectivity index (χ1n) is 9.28. The Morgan fingerprint density at radius 3 is 2.32 bits per heavy atom. The number of carbonyl (C=O) groups is 2. The molecular formula is C18H27ClN4O4S. The van der Waals surface area contributed by atoms with Gasteiger partial charge in [0.2, 0.25) is 21.8 Å². The van der Waals surface area contributed by atoms with Gasteiger partial charge in [-0.25, -0.2) is 8.42 Å². The number of benzene rings is 1. The molecule has 1 aromatic rings. The lowest BCUT2D eigenvalue weighted by Gasteiger charge is -2.35. The van der Waals surface area contributed by atoms with Crippen LogP contribution in [-0.2, 0) is 19.6 Å². The summed E-state index contributed by atoms with van der Waals surface area (Å²) in [5.41, 5.74) is 0. The Hall–Kier alpha value is -1.68. The molecule has 28 heavy (non-hydrogen) atoms. The molecule has 0 radical (unpaired) electrons. The SMILES string of the molecule is CCCNC(=O)CN1CCN(C(=O)[C@H](C)NS(=O)(=O)c2ccc(Cl)cc2)CC1. The average molecular weight is 431 g/mol. The van der Waals surface area contributed by atoms with Crippen LogP contribution in [0.15, 0.2) is 29.2 Å². The van der Waals surface area contributed by atoms with Crippen LogP contribution in [-0.4, -0.2) is 75.3 Å². The number of rotatable bonds is 8. The van der Waals surface area contributed by atoms with E-state index in [1.165, 1.54) is 31.2 Å². The third-order valence-corrected chi connectivity index (χ3v) is 6.26. The highest BCUT2D eigenvalue weighted by Crippen LogP contribution is 2.14. The lowest BCUT2D eigenvalue weighted by atomic mass is 10.2. The minimum atomic E-state index is -3.82. The Bertz CT molecular complexity index is 777. The summed E-state index contributed by atoms with van der Waals surface area (Å²) < 4.78 is 27.3. The molecule has 1 aromatic carbocycles. The van der Waals surface area contributed by atoms with E-state index in [4.69, 9.17) is 11.6 Å². The fourth-order valence-corrected chi connectivity index (χ4v) is 4.21. The molecule has 8 nitrogen and oxygen atoms in total. The summed E-state index contributed by atoms with van der Waals surface area (Å²) in [6, 6.07) is 4.87. The van der Waals surface area contributed by atoms with E-state index in [0.29, 0.717) is 44.3 Å². The van der Waals surface area contributed by atoms with Gasteiger partial charge in [0.05, 0.1) is 17.5 Å². The third-order valence-electron chi connectivity index (χ3n) is 4.45. The Kier molecular flexibility index (Phi) is 8.23. The van der Waals surface area contributed by atoms with Crippen LogP contribution < -0.4 is 10.0 Å². The molecule has 0 aromatic heterocycles. The van der Waals surface area contributed by atoms with Gasteiger partial charge in [0.1, 0.15) is 0 Å². The number of nitrogens with one attached hydrogen (secondary N) is 2. The van der Waals surface area contributed by atoms with Gasteiger partial charge in [0.25, 0.3) is 0 Å². The molecule has 156 valence electrons. The number of nitrogens with zero attached hydrogens (tertiary/aromatic N) is 2. The highest BCUT2D eigenvalue weighted by molar-refractivity contribution is 7.89. The van der Waals surface area contributed by atoms with Crippen molar-refractivity contribution in [3.05, 3.63) is 29.3 Å². The fraction of sp³-hybridized carbons (Fsp3) is 0.556. The minimum Gasteiger partial charge on any atom is -0.355 e. The smallest absolute Gasteiger partial charge is 0.241 e. The van der Waals surface area contributed by atoms with Crippen LogP contribution in [0.3, 0.4) is 0 Å². The third kappa shape index (κ3) is 6.44. The number of sulfonamides is 1.